The molecule has 1 aromatic carbocycles. The van der Waals surface area contributed by atoms with Gasteiger partial charge in [0.05, 0.1) is 5.56 Å². The summed E-state index contributed by atoms with van der Waals surface area (Å²) in [6.07, 6.45) is 8.98. The highest BCUT2D eigenvalue weighted by Crippen LogP contribution is 2.23. The van der Waals surface area contributed by atoms with Crippen molar-refractivity contribution in [3.63, 3.8) is 0 Å². The predicted octanol–water partition coefficient (Wildman–Crippen LogP) is 4.27. The molecule has 3 nitrogen and oxygen atoms in total. The number of aromatic nitrogens is 1. The molecule has 0 bridgehead atoms. The molecule has 1 aliphatic rings. The maximum atomic E-state index is 12.4. The Kier molecular flexibility index (Phi) is 3.97. The van der Waals surface area contributed by atoms with E-state index in [1.165, 1.54) is 25.7 Å². The number of carbonyl (C=O) groups excluding carboxylic acids is 1. The van der Waals surface area contributed by atoms with Crippen LogP contribution in [-0.2, 0) is 0 Å². The lowest BCUT2D eigenvalue weighted by Crippen LogP contribution is -2.34. The Hall–Kier alpha value is -1.48. The number of H-pyrrole nitrogens is 1. The number of carbonyl (C=O) groups is 1. The van der Waals surface area contributed by atoms with Crippen molar-refractivity contribution in [2.75, 3.05) is 0 Å². The van der Waals surface area contributed by atoms with Gasteiger partial charge in [-0.3, -0.25) is 4.79 Å². The topological polar surface area (TPSA) is 44.9 Å². The standard InChI is InChI=1S/C16H19ClN2O/c17-11-7-8-13-14(10-18-15(13)9-11)16(20)19-12-5-3-1-2-4-6-12/h7-10,12,18H,1-6H2,(H,19,20). The molecule has 106 valence electrons. The highest BCUT2D eigenvalue weighted by atomic mass is 35.5. The molecule has 20 heavy (non-hydrogen) atoms. The maximum absolute atomic E-state index is 12.4. The molecule has 1 aromatic heterocycles. The van der Waals surface area contributed by atoms with E-state index in [1.807, 2.05) is 18.2 Å². The van der Waals surface area contributed by atoms with Gasteiger partial charge in [-0.1, -0.05) is 43.4 Å². The summed E-state index contributed by atoms with van der Waals surface area (Å²) in [5.74, 6) is 0.0190. The first kappa shape index (κ1) is 13.5. The Morgan fingerprint density at radius 1 is 1.20 bits per heavy atom. The molecule has 2 aromatic rings. The highest BCUT2D eigenvalue weighted by Gasteiger charge is 2.18. The van der Waals surface area contributed by atoms with E-state index in [9.17, 15) is 4.79 Å². The lowest BCUT2D eigenvalue weighted by Gasteiger charge is -2.15. The van der Waals surface area contributed by atoms with E-state index >= 15 is 0 Å². The molecule has 1 fully saturated rings. The molecular formula is C16H19ClN2O. The van der Waals surface area contributed by atoms with Gasteiger partial charge < -0.3 is 10.3 Å². The van der Waals surface area contributed by atoms with Gasteiger partial charge in [-0.25, -0.2) is 0 Å². The maximum Gasteiger partial charge on any atom is 0.253 e. The summed E-state index contributed by atoms with van der Waals surface area (Å²) in [6.45, 7) is 0. The molecule has 0 saturated heterocycles. The number of fused-ring (bicyclic) bond motifs is 1. The molecule has 0 aliphatic heterocycles. The van der Waals surface area contributed by atoms with Gasteiger partial charge in [0.15, 0.2) is 0 Å². The summed E-state index contributed by atoms with van der Waals surface area (Å²) in [6, 6.07) is 5.89. The molecule has 1 amide bonds. The Morgan fingerprint density at radius 3 is 2.70 bits per heavy atom. The first-order chi connectivity index (χ1) is 9.74. The summed E-state index contributed by atoms with van der Waals surface area (Å²) in [5.41, 5.74) is 1.62. The Morgan fingerprint density at radius 2 is 1.95 bits per heavy atom. The summed E-state index contributed by atoms with van der Waals surface area (Å²) in [5, 5.41) is 4.78. The second-order valence-electron chi connectivity index (χ2n) is 5.55. The molecule has 0 spiro atoms. The summed E-state index contributed by atoms with van der Waals surface area (Å²) >= 11 is 5.96. The lowest BCUT2D eigenvalue weighted by atomic mass is 10.1. The van der Waals surface area contributed by atoms with Crippen molar-refractivity contribution in [2.45, 2.75) is 44.6 Å². The molecule has 1 aliphatic carbocycles. The van der Waals surface area contributed by atoms with Crippen LogP contribution >= 0.6 is 11.6 Å². The van der Waals surface area contributed by atoms with E-state index in [2.05, 4.69) is 10.3 Å². The van der Waals surface area contributed by atoms with E-state index in [0.29, 0.717) is 16.6 Å². The molecule has 1 heterocycles. The quantitative estimate of drug-likeness (QED) is 0.797. The van der Waals surface area contributed by atoms with Gasteiger partial charge in [0.25, 0.3) is 5.91 Å². The van der Waals surface area contributed by atoms with Gasteiger partial charge in [-0.15, -0.1) is 0 Å². The number of halogens is 1. The minimum absolute atomic E-state index is 0.0190. The molecule has 3 rings (SSSR count). The smallest absolute Gasteiger partial charge is 0.253 e. The van der Waals surface area contributed by atoms with Gasteiger partial charge in [0.1, 0.15) is 0 Å². The van der Waals surface area contributed by atoms with E-state index < -0.39 is 0 Å². The van der Waals surface area contributed by atoms with Crippen LogP contribution in [-0.4, -0.2) is 16.9 Å². The van der Waals surface area contributed by atoms with Crippen LogP contribution in [0.5, 0.6) is 0 Å². The third-order valence-electron chi connectivity index (χ3n) is 4.08. The zero-order valence-corrected chi connectivity index (χ0v) is 12.2. The van der Waals surface area contributed by atoms with Crippen LogP contribution in [0.2, 0.25) is 5.02 Å². The Balaban J connectivity index is 1.78. The van der Waals surface area contributed by atoms with Gasteiger partial charge in [-0.2, -0.15) is 0 Å². The lowest BCUT2D eigenvalue weighted by molar-refractivity contribution is 0.0935. The van der Waals surface area contributed by atoms with E-state index in [0.717, 1.165) is 23.7 Å². The number of nitrogens with one attached hydrogen (secondary N) is 2. The highest BCUT2D eigenvalue weighted by molar-refractivity contribution is 6.31. The number of aromatic amines is 1. The van der Waals surface area contributed by atoms with Crippen LogP contribution in [0.25, 0.3) is 10.9 Å². The molecular weight excluding hydrogens is 272 g/mol. The molecule has 2 N–H and O–H groups in total. The van der Waals surface area contributed by atoms with Gasteiger partial charge in [0, 0.05) is 28.2 Å². The van der Waals surface area contributed by atoms with Crippen molar-refractivity contribution in [1.29, 1.82) is 0 Å². The van der Waals surface area contributed by atoms with Crippen molar-refractivity contribution in [3.8, 4) is 0 Å². The van der Waals surface area contributed by atoms with E-state index in [1.54, 1.807) is 6.20 Å². The second kappa shape index (κ2) is 5.88. The van der Waals surface area contributed by atoms with Crippen LogP contribution in [0.4, 0.5) is 0 Å². The van der Waals surface area contributed by atoms with Gasteiger partial charge >= 0.3 is 0 Å². The zero-order chi connectivity index (χ0) is 13.9. The molecule has 1 saturated carbocycles. The van der Waals surface area contributed by atoms with Crippen molar-refractivity contribution >= 4 is 28.4 Å². The first-order valence-corrected chi connectivity index (χ1v) is 7.69. The van der Waals surface area contributed by atoms with E-state index in [4.69, 9.17) is 11.6 Å². The Bertz CT molecular complexity index is 612. The molecule has 0 atom stereocenters. The van der Waals surface area contributed by atoms with Crippen LogP contribution < -0.4 is 5.32 Å². The molecule has 0 unspecified atom stereocenters. The third kappa shape index (κ3) is 2.83. The number of benzene rings is 1. The van der Waals surface area contributed by atoms with Gasteiger partial charge in [0.2, 0.25) is 0 Å². The fraction of sp³-hybridized carbons (Fsp3) is 0.438. The van der Waals surface area contributed by atoms with Crippen molar-refractivity contribution in [3.05, 3.63) is 35.0 Å². The zero-order valence-electron chi connectivity index (χ0n) is 11.4. The number of amides is 1. The fourth-order valence-corrected chi connectivity index (χ4v) is 3.15. The minimum atomic E-state index is 0.0190. The number of hydrogen-bond acceptors (Lipinski definition) is 1. The average Bonchev–Trinajstić information content (AvgIpc) is 2.67. The van der Waals surface area contributed by atoms with Crippen LogP contribution in [0, 0.1) is 0 Å². The van der Waals surface area contributed by atoms with Gasteiger partial charge in [-0.05, 0) is 25.0 Å². The number of hydrogen-bond donors (Lipinski definition) is 2. The SMILES string of the molecule is O=C(NC1CCCCCC1)c1c[nH]c2cc(Cl)ccc12. The van der Waals surface area contributed by atoms with E-state index in [-0.39, 0.29) is 5.91 Å². The predicted molar refractivity (Wildman–Crippen MR) is 82.3 cm³/mol. The fourth-order valence-electron chi connectivity index (χ4n) is 2.97. The van der Waals surface area contributed by atoms with Crippen molar-refractivity contribution < 1.29 is 4.79 Å². The average molecular weight is 291 g/mol. The molecule has 0 radical (unpaired) electrons. The summed E-state index contributed by atoms with van der Waals surface area (Å²) in [7, 11) is 0. The third-order valence-corrected chi connectivity index (χ3v) is 4.31. The van der Waals surface area contributed by atoms with Crippen molar-refractivity contribution in [1.82, 2.24) is 10.3 Å². The van der Waals surface area contributed by atoms with Crippen LogP contribution in [0.3, 0.4) is 0 Å². The largest absolute Gasteiger partial charge is 0.360 e. The first-order valence-electron chi connectivity index (χ1n) is 7.31. The summed E-state index contributed by atoms with van der Waals surface area (Å²) in [4.78, 5) is 15.5. The number of rotatable bonds is 2. The molecule has 4 heteroatoms. The normalized spacial score (nSPS) is 17.1. The second-order valence-corrected chi connectivity index (χ2v) is 5.99. The summed E-state index contributed by atoms with van der Waals surface area (Å²) < 4.78 is 0. The van der Waals surface area contributed by atoms with Crippen LogP contribution in [0.15, 0.2) is 24.4 Å². The van der Waals surface area contributed by atoms with Crippen molar-refractivity contribution in [2.24, 2.45) is 0 Å². The van der Waals surface area contributed by atoms with Crippen LogP contribution in [0.1, 0.15) is 48.9 Å². The Labute approximate surface area is 123 Å². The monoisotopic (exact) mass is 290 g/mol. The minimum Gasteiger partial charge on any atom is -0.360 e.